The molecular weight excluding hydrogens is 286 g/mol. The van der Waals surface area contributed by atoms with Gasteiger partial charge >= 0.3 is 12.0 Å². The van der Waals surface area contributed by atoms with Crippen molar-refractivity contribution < 1.29 is 19.1 Å². The molecule has 1 unspecified atom stereocenters. The van der Waals surface area contributed by atoms with Crippen LogP contribution in [0.4, 0.5) is 10.5 Å². The average Bonchev–Trinajstić information content (AvgIpc) is 2.41. The number of halogens is 1. The van der Waals surface area contributed by atoms with Gasteiger partial charge in [-0.3, -0.25) is 10.1 Å². The van der Waals surface area contributed by atoms with E-state index in [2.05, 4.69) is 5.32 Å². The summed E-state index contributed by atoms with van der Waals surface area (Å²) in [5.41, 5.74) is 6.00. The highest BCUT2D eigenvalue weighted by Gasteiger charge is 2.20. The SMILES string of the molecule is CNC(=O)NC(=O)C(C)OC(=O)c1ccc(N)c(Cl)c1. The van der Waals surface area contributed by atoms with Crippen LogP contribution in [-0.4, -0.2) is 31.1 Å². The second kappa shape index (κ2) is 6.76. The number of anilines is 1. The fourth-order valence-corrected chi connectivity index (χ4v) is 1.39. The van der Waals surface area contributed by atoms with Crippen LogP contribution in [0, 0.1) is 0 Å². The van der Waals surface area contributed by atoms with Gasteiger partial charge in [-0.2, -0.15) is 0 Å². The monoisotopic (exact) mass is 299 g/mol. The van der Waals surface area contributed by atoms with E-state index >= 15 is 0 Å². The Morgan fingerprint density at radius 1 is 1.35 bits per heavy atom. The molecule has 0 saturated carbocycles. The Morgan fingerprint density at radius 2 is 2.00 bits per heavy atom. The van der Waals surface area contributed by atoms with Gasteiger partial charge in [-0.1, -0.05) is 11.6 Å². The number of ether oxygens (including phenoxy) is 1. The zero-order chi connectivity index (χ0) is 15.3. The lowest BCUT2D eigenvalue weighted by molar-refractivity contribution is -0.127. The number of amides is 3. The Balaban J connectivity index is 2.67. The van der Waals surface area contributed by atoms with Crippen molar-refractivity contribution >= 4 is 35.2 Å². The Bertz CT molecular complexity index is 548. The van der Waals surface area contributed by atoms with Crippen molar-refractivity contribution in [3.8, 4) is 0 Å². The van der Waals surface area contributed by atoms with Crippen LogP contribution in [0.15, 0.2) is 18.2 Å². The van der Waals surface area contributed by atoms with Crippen molar-refractivity contribution in [1.29, 1.82) is 0 Å². The third-order valence-corrected chi connectivity index (χ3v) is 2.68. The number of benzene rings is 1. The maximum atomic E-state index is 11.8. The van der Waals surface area contributed by atoms with Crippen molar-refractivity contribution in [2.24, 2.45) is 0 Å². The summed E-state index contributed by atoms with van der Waals surface area (Å²) in [6.45, 7) is 1.34. The van der Waals surface area contributed by atoms with Crippen LogP contribution >= 0.6 is 11.6 Å². The topological polar surface area (TPSA) is 111 Å². The standard InChI is InChI=1S/C12H14ClN3O4/c1-6(10(17)16-12(19)15-2)20-11(18)7-3-4-9(14)8(13)5-7/h3-6H,14H2,1-2H3,(H2,15,16,17,19). The predicted molar refractivity (Wildman–Crippen MR) is 73.3 cm³/mol. The van der Waals surface area contributed by atoms with Gasteiger partial charge in [0.1, 0.15) is 0 Å². The fraction of sp³-hybridized carbons (Fsp3) is 0.250. The minimum Gasteiger partial charge on any atom is -0.449 e. The van der Waals surface area contributed by atoms with E-state index < -0.39 is 24.0 Å². The van der Waals surface area contributed by atoms with E-state index in [0.717, 1.165) is 0 Å². The first-order chi connectivity index (χ1) is 9.35. The van der Waals surface area contributed by atoms with Gasteiger partial charge in [0.05, 0.1) is 16.3 Å². The van der Waals surface area contributed by atoms with Gasteiger partial charge in [-0.05, 0) is 25.1 Å². The molecule has 0 aliphatic heterocycles. The number of nitrogens with two attached hydrogens (primary N) is 1. The van der Waals surface area contributed by atoms with Gasteiger partial charge in [0.15, 0.2) is 6.10 Å². The van der Waals surface area contributed by atoms with Gasteiger partial charge in [-0.25, -0.2) is 9.59 Å². The van der Waals surface area contributed by atoms with E-state index in [9.17, 15) is 14.4 Å². The molecule has 1 rings (SSSR count). The van der Waals surface area contributed by atoms with Crippen LogP contribution in [0.3, 0.4) is 0 Å². The van der Waals surface area contributed by atoms with E-state index in [-0.39, 0.29) is 10.6 Å². The molecule has 0 saturated heterocycles. The first kappa shape index (κ1) is 15.8. The second-order valence-electron chi connectivity index (χ2n) is 3.85. The van der Waals surface area contributed by atoms with Crippen molar-refractivity contribution in [3.63, 3.8) is 0 Å². The number of rotatable bonds is 3. The smallest absolute Gasteiger partial charge is 0.338 e. The highest BCUT2D eigenvalue weighted by atomic mass is 35.5. The molecule has 108 valence electrons. The summed E-state index contributed by atoms with van der Waals surface area (Å²) in [7, 11) is 1.36. The number of nitrogen functional groups attached to an aromatic ring is 1. The molecule has 0 aliphatic carbocycles. The molecule has 3 amide bonds. The highest BCUT2D eigenvalue weighted by molar-refractivity contribution is 6.33. The number of hydrogen-bond acceptors (Lipinski definition) is 5. The summed E-state index contributed by atoms with van der Waals surface area (Å²) in [5.74, 6) is -1.48. The molecule has 0 fully saturated rings. The quantitative estimate of drug-likeness (QED) is 0.568. The number of esters is 1. The Hall–Kier alpha value is -2.28. The van der Waals surface area contributed by atoms with Gasteiger partial charge in [0, 0.05) is 7.05 Å². The lowest BCUT2D eigenvalue weighted by atomic mass is 10.2. The summed E-state index contributed by atoms with van der Waals surface area (Å²) >= 11 is 5.78. The predicted octanol–water partition coefficient (Wildman–Crippen LogP) is 0.923. The molecule has 20 heavy (non-hydrogen) atoms. The van der Waals surface area contributed by atoms with Crippen LogP contribution in [0.25, 0.3) is 0 Å². The Labute approximate surface area is 120 Å². The molecule has 0 bridgehead atoms. The van der Waals surface area contributed by atoms with E-state index in [1.165, 1.54) is 32.2 Å². The van der Waals surface area contributed by atoms with Crippen molar-refractivity contribution in [2.75, 3.05) is 12.8 Å². The average molecular weight is 300 g/mol. The lowest BCUT2D eigenvalue weighted by Gasteiger charge is -2.13. The molecule has 1 aromatic carbocycles. The molecule has 1 aromatic rings. The van der Waals surface area contributed by atoms with Crippen molar-refractivity contribution in [3.05, 3.63) is 28.8 Å². The van der Waals surface area contributed by atoms with E-state index in [4.69, 9.17) is 22.1 Å². The second-order valence-corrected chi connectivity index (χ2v) is 4.26. The molecule has 0 heterocycles. The van der Waals surface area contributed by atoms with Crippen LogP contribution in [0.5, 0.6) is 0 Å². The summed E-state index contributed by atoms with van der Waals surface area (Å²) in [4.78, 5) is 34.2. The summed E-state index contributed by atoms with van der Waals surface area (Å²) < 4.78 is 4.91. The Morgan fingerprint density at radius 3 is 2.55 bits per heavy atom. The third-order valence-electron chi connectivity index (χ3n) is 2.35. The number of urea groups is 1. The molecule has 8 heteroatoms. The number of carbonyl (C=O) groups excluding carboxylic acids is 3. The summed E-state index contributed by atoms with van der Waals surface area (Å²) in [6.07, 6.45) is -1.13. The first-order valence-electron chi connectivity index (χ1n) is 5.63. The van der Waals surface area contributed by atoms with Gasteiger partial charge < -0.3 is 15.8 Å². The van der Waals surface area contributed by atoms with Crippen LogP contribution in [-0.2, 0) is 9.53 Å². The molecule has 0 radical (unpaired) electrons. The minimum atomic E-state index is -1.13. The van der Waals surface area contributed by atoms with Crippen LogP contribution < -0.4 is 16.4 Å². The Kier molecular flexibility index (Phi) is 5.33. The molecule has 7 nitrogen and oxygen atoms in total. The number of imide groups is 1. The summed E-state index contributed by atoms with van der Waals surface area (Å²) in [6, 6.07) is 3.53. The molecule has 0 aromatic heterocycles. The molecule has 1 atom stereocenters. The number of carbonyl (C=O) groups is 3. The maximum absolute atomic E-state index is 11.8. The van der Waals surface area contributed by atoms with Gasteiger partial charge in [0.25, 0.3) is 5.91 Å². The van der Waals surface area contributed by atoms with Gasteiger partial charge in [-0.15, -0.1) is 0 Å². The number of nitrogens with one attached hydrogen (secondary N) is 2. The minimum absolute atomic E-state index is 0.156. The molecule has 4 N–H and O–H groups in total. The zero-order valence-electron chi connectivity index (χ0n) is 10.9. The zero-order valence-corrected chi connectivity index (χ0v) is 11.7. The third kappa shape index (κ3) is 4.13. The highest BCUT2D eigenvalue weighted by Crippen LogP contribution is 2.20. The van der Waals surface area contributed by atoms with Gasteiger partial charge in [0.2, 0.25) is 0 Å². The molecular formula is C12H14ClN3O4. The normalized spacial score (nSPS) is 11.3. The maximum Gasteiger partial charge on any atom is 0.338 e. The molecule has 0 spiro atoms. The number of hydrogen-bond donors (Lipinski definition) is 3. The van der Waals surface area contributed by atoms with Crippen molar-refractivity contribution in [2.45, 2.75) is 13.0 Å². The van der Waals surface area contributed by atoms with E-state index in [0.29, 0.717) is 5.69 Å². The van der Waals surface area contributed by atoms with E-state index in [1.807, 2.05) is 5.32 Å². The summed E-state index contributed by atoms with van der Waals surface area (Å²) in [5, 5.41) is 4.41. The lowest BCUT2D eigenvalue weighted by Crippen LogP contribution is -2.43. The fourth-order valence-electron chi connectivity index (χ4n) is 1.21. The van der Waals surface area contributed by atoms with Crippen molar-refractivity contribution in [1.82, 2.24) is 10.6 Å². The van der Waals surface area contributed by atoms with E-state index in [1.54, 1.807) is 0 Å². The van der Waals surface area contributed by atoms with Crippen LogP contribution in [0.2, 0.25) is 5.02 Å². The first-order valence-corrected chi connectivity index (χ1v) is 6.01. The molecule has 0 aliphatic rings. The largest absolute Gasteiger partial charge is 0.449 e. The van der Waals surface area contributed by atoms with Crippen LogP contribution in [0.1, 0.15) is 17.3 Å².